The van der Waals surface area contributed by atoms with Gasteiger partial charge in [0, 0.05) is 30.1 Å². The summed E-state index contributed by atoms with van der Waals surface area (Å²) in [5, 5.41) is 15.0. The molecule has 232 valence electrons. The van der Waals surface area contributed by atoms with Crippen molar-refractivity contribution in [2.24, 2.45) is 5.92 Å². The molecule has 1 saturated heterocycles. The van der Waals surface area contributed by atoms with E-state index in [1.54, 1.807) is 6.20 Å². The van der Waals surface area contributed by atoms with Crippen LogP contribution < -0.4 is 10.1 Å². The number of carbonyl (C=O) groups is 1. The first-order chi connectivity index (χ1) is 21.6. The number of aryl methyl sites for hydroxylation is 2. The highest BCUT2D eigenvalue weighted by atomic mass is 16.5. The quantitative estimate of drug-likeness (QED) is 0.153. The van der Waals surface area contributed by atoms with E-state index in [-0.39, 0.29) is 24.5 Å². The Morgan fingerprint density at radius 1 is 0.841 bits per heavy atom. The van der Waals surface area contributed by atoms with Crippen molar-refractivity contribution in [1.82, 2.24) is 15.2 Å². The Hall–Kier alpha value is -3.74. The lowest BCUT2D eigenvalue weighted by atomic mass is 9.94. The minimum absolute atomic E-state index is 0.0604. The summed E-state index contributed by atoms with van der Waals surface area (Å²) in [6.07, 6.45) is 9.83. The zero-order valence-corrected chi connectivity index (χ0v) is 25.8. The van der Waals surface area contributed by atoms with Crippen molar-refractivity contribution in [1.29, 1.82) is 0 Å². The van der Waals surface area contributed by atoms with Gasteiger partial charge in [-0.25, -0.2) is 0 Å². The third-order valence-corrected chi connectivity index (χ3v) is 8.84. The fourth-order valence-electron chi connectivity index (χ4n) is 6.22. The highest BCUT2D eigenvalue weighted by molar-refractivity contribution is 5.84. The monoisotopic (exact) mass is 593 g/mol. The fourth-order valence-corrected chi connectivity index (χ4v) is 6.22. The molecule has 6 heteroatoms. The first-order valence-electron chi connectivity index (χ1n) is 16.4. The molecular formula is C38H47N3O3. The molecule has 6 nitrogen and oxygen atoms in total. The topological polar surface area (TPSA) is 74.7 Å². The number of benzene rings is 3. The number of likely N-dealkylation sites (tertiary alicyclic amines) is 1. The number of hydrogen-bond donors (Lipinski definition) is 2. The first-order valence-corrected chi connectivity index (χ1v) is 16.4. The Labute approximate surface area is 262 Å². The van der Waals surface area contributed by atoms with Gasteiger partial charge in [-0.05, 0) is 106 Å². The molecule has 0 unspecified atom stereocenters. The average molecular weight is 594 g/mol. The molecule has 0 saturated carbocycles. The third kappa shape index (κ3) is 9.90. The molecule has 4 aromatic rings. The second kappa shape index (κ2) is 16.9. The molecular weight excluding hydrogens is 546 g/mol. The van der Waals surface area contributed by atoms with Gasteiger partial charge >= 0.3 is 0 Å². The number of aromatic nitrogens is 1. The maximum atomic E-state index is 13.4. The highest BCUT2D eigenvalue weighted by Crippen LogP contribution is 2.24. The predicted molar refractivity (Wildman–Crippen MR) is 178 cm³/mol. The number of hydrogen-bond acceptors (Lipinski definition) is 5. The standard InChI is InChI=1S/C38H47N3O3/c42-34(29-44-37-21-9-20-36-35(37)19-10-25-39-36)24-28-41-26-22-32(23-27-41)38(43)40-33(17-7-15-30-11-3-1-4-12-30)18-8-16-31-13-5-2-6-14-31/h1-6,9-14,19-21,25,32-34,42H,7-8,15-18,22-24,26-29H2,(H,40,43)/t34-/m1/s1. The third-order valence-electron chi connectivity index (χ3n) is 8.84. The van der Waals surface area contributed by atoms with E-state index in [0.717, 1.165) is 87.7 Å². The summed E-state index contributed by atoms with van der Waals surface area (Å²) >= 11 is 0. The molecule has 1 aromatic heterocycles. The van der Waals surface area contributed by atoms with Crippen molar-refractivity contribution in [2.75, 3.05) is 26.2 Å². The van der Waals surface area contributed by atoms with Crippen molar-refractivity contribution in [3.8, 4) is 5.75 Å². The van der Waals surface area contributed by atoms with Crippen molar-refractivity contribution < 1.29 is 14.6 Å². The predicted octanol–water partition coefficient (Wildman–Crippen LogP) is 6.61. The number of carbonyl (C=O) groups excluding carboxylic acids is 1. The van der Waals surface area contributed by atoms with Gasteiger partial charge in [0.05, 0.1) is 11.6 Å². The molecule has 0 spiro atoms. The minimum atomic E-state index is -0.546. The summed E-state index contributed by atoms with van der Waals surface area (Å²) in [6, 6.07) is 31.1. The first kappa shape index (κ1) is 31.7. The molecule has 2 N–H and O–H groups in total. The van der Waals surface area contributed by atoms with Gasteiger partial charge in [0.2, 0.25) is 5.91 Å². The molecule has 1 aliphatic heterocycles. The van der Waals surface area contributed by atoms with Crippen molar-refractivity contribution in [2.45, 2.75) is 69.9 Å². The van der Waals surface area contributed by atoms with Gasteiger partial charge in [-0.2, -0.15) is 0 Å². The van der Waals surface area contributed by atoms with Gasteiger partial charge < -0.3 is 20.1 Å². The van der Waals surface area contributed by atoms with E-state index in [9.17, 15) is 9.90 Å². The molecule has 44 heavy (non-hydrogen) atoms. The summed E-state index contributed by atoms with van der Waals surface area (Å²) in [4.78, 5) is 20.1. The Kier molecular flexibility index (Phi) is 12.2. The van der Waals surface area contributed by atoms with Crippen LogP contribution in [0.1, 0.15) is 56.1 Å². The van der Waals surface area contributed by atoms with Crippen LogP contribution in [0.15, 0.2) is 97.2 Å². The van der Waals surface area contributed by atoms with Crippen LogP contribution in [0.4, 0.5) is 0 Å². The van der Waals surface area contributed by atoms with Gasteiger partial charge in [-0.3, -0.25) is 9.78 Å². The van der Waals surface area contributed by atoms with Crippen molar-refractivity contribution in [3.63, 3.8) is 0 Å². The Balaban J connectivity index is 1.03. The molecule has 1 aliphatic rings. The molecule has 2 heterocycles. The number of nitrogens with zero attached hydrogens (tertiary/aromatic N) is 2. The van der Waals surface area contributed by atoms with Gasteiger partial charge in [-0.1, -0.05) is 66.7 Å². The number of aliphatic hydroxyl groups is 1. The molecule has 1 fully saturated rings. The smallest absolute Gasteiger partial charge is 0.223 e. The van der Waals surface area contributed by atoms with E-state index in [1.165, 1.54) is 11.1 Å². The summed E-state index contributed by atoms with van der Waals surface area (Å²) in [6.45, 7) is 2.82. The van der Waals surface area contributed by atoms with E-state index in [1.807, 2.05) is 30.3 Å². The zero-order valence-electron chi connectivity index (χ0n) is 25.8. The fraction of sp³-hybridized carbons (Fsp3) is 0.421. The van der Waals surface area contributed by atoms with Gasteiger partial charge in [0.25, 0.3) is 0 Å². The number of pyridine rings is 1. The largest absolute Gasteiger partial charge is 0.490 e. The second-order valence-corrected chi connectivity index (χ2v) is 12.2. The Morgan fingerprint density at radius 2 is 1.50 bits per heavy atom. The van der Waals surface area contributed by atoms with Crippen LogP contribution in [0.25, 0.3) is 10.9 Å². The van der Waals surface area contributed by atoms with Crippen molar-refractivity contribution >= 4 is 16.8 Å². The van der Waals surface area contributed by atoms with Gasteiger partial charge in [-0.15, -0.1) is 0 Å². The number of nitrogens with one attached hydrogen (secondary N) is 1. The molecule has 3 aromatic carbocycles. The lowest BCUT2D eigenvalue weighted by Gasteiger charge is -2.32. The van der Waals surface area contributed by atoms with E-state index in [4.69, 9.17) is 4.74 Å². The van der Waals surface area contributed by atoms with Crippen LogP contribution >= 0.6 is 0 Å². The highest BCUT2D eigenvalue weighted by Gasteiger charge is 2.26. The minimum Gasteiger partial charge on any atom is -0.490 e. The van der Waals surface area contributed by atoms with Gasteiger partial charge in [0.1, 0.15) is 12.4 Å². The van der Waals surface area contributed by atoms with E-state index in [0.29, 0.717) is 6.42 Å². The number of amides is 1. The van der Waals surface area contributed by atoms with E-state index < -0.39 is 6.10 Å². The van der Waals surface area contributed by atoms with Crippen LogP contribution in [-0.2, 0) is 17.6 Å². The SMILES string of the molecule is O=C(NC(CCCc1ccccc1)CCCc1ccccc1)C1CCN(CC[C@@H](O)COc2cccc3ncccc23)CC1. The van der Waals surface area contributed by atoms with Crippen LogP contribution in [0.2, 0.25) is 0 Å². The maximum absolute atomic E-state index is 13.4. The zero-order chi connectivity index (χ0) is 30.4. The number of aliphatic hydroxyl groups excluding tert-OH is 1. The lowest BCUT2D eigenvalue weighted by Crippen LogP contribution is -2.44. The van der Waals surface area contributed by atoms with Gasteiger partial charge in [0.15, 0.2) is 0 Å². The Bertz CT molecular complexity index is 1360. The number of rotatable bonds is 16. The Morgan fingerprint density at radius 3 is 2.16 bits per heavy atom. The van der Waals surface area contributed by atoms with E-state index in [2.05, 4.69) is 75.9 Å². The summed E-state index contributed by atoms with van der Waals surface area (Å²) in [5.41, 5.74) is 3.60. The molecule has 0 bridgehead atoms. The second-order valence-electron chi connectivity index (χ2n) is 12.2. The van der Waals surface area contributed by atoms with Crippen LogP contribution in [0, 0.1) is 5.92 Å². The number of piperidine rings is 1. The van der Waals surface area contributed by atoms with Crippen molar-refractivity contribution in [3.05, 3.63) is 108 Å². The average Bonchev–Trinajstić information content (AvgIpc) is 3.07. The van der Waals surface area contributed by atoms with Crippen LogP contribution in [0.3, 0.4) is 0 Å². The maximum Gasteiger partial charge on any atom is 0.223 e. The normalized spacial score (nSPS) is 15.0. The summed E-state index contributed by atoms with van der Waals surface area (Å²) in [5.74, 6) is 1.03. The molecule has 0 aliphatic carbocycles. The molecule has 1 amide bonds. The summed E-state index contributed by atoms with van der Waals surface area (Å²) < 4.78 is 5.95. The lowest BCUT2D eigenvalue weighted by molar-refractivity contribution is -0.127. The number of ether oxygens (including phenoxy) is 1. The summed E-state index contributed by atoms with van der Waals surface area (Å²) in [7, 11) is 0. The number of fused-ring (bicyclic) bond motifs is 1. The van der Waals surface area contributed by atoms with E-state index >= 15 is 0 Å². The molecule has 0 radical (unpaired) electrons. The van der Waals surface area contributed by atoms with Crippen LogP contribution in [0.5, 0.6) is 5.75 Å². The molecule has 1 atom stereocenters. The molecule has 5 rings (SSSR count). The van der Waals surface area contributed by atoms with Crippen LogP contribution in [-0.4, -0.2) is 59.3 Å².